The summed E-state index contributed by atoms with van der Waals surface area (Å²) in [6.07, 6.45) is 0. The van der Waals surface area contributed by atoms with Crippen molar-refractivity contribution in [2.24, 2.45) is 14.1 Å². The standard InChI is InChI=1S/C19H25N5O4/c1-13-4-6-14(7-5-13)12-24-15-16(22(2)19(27)23(3)17(15)26)21-18(24)20-8-10-28-11-9-25/h4-7,25H,8-12H2,1-3H3,(H,20,21). The summed E-state index contributed by atoms with van der Waals surface area (Å²) in [5.74, 6) is 0.487. The summed E-state index contributed by atoms with van der Waals surface area (Å²) in [5.41, 5.74) is 2.05. The Morgan fingerprint density at radius 2 is 1.82 bits per heavy atom. The van der Waals surface area contributed by atoms with Crippen LogP contribution in [0.4, 0.5) is 5.95 Å². The summed E-state index contributed by atoms with van der Waals surface area (Å²) in [5, 5.41) is 12.0. The van der Waals surface area contributed by atoms with Gasteiger partial charge in [-0.25, -0.2) is 4.79 Å². The Morgan fingerprint density at radius 3 is 2.50 bits per heavy atom. The lowest BCUT2D eigenvalue weighted by molar-refractivity contribution is 0.0991. The summed E-state index contributed by atoms with van der Waals surface area (Å²) in [7, 11) is 3.06. The molecule has 0 spiro atoms. The first-order valence-corrected chi connectivity index (χ1v) is 9.08. The van der Waals surface area contributed by atoms with Crippen LogP contribution in [0.3, 0.4) is 0 Å². The number of aliphatic hydroxyl groups excluding tert-OH is 1. The van der Waals surface area contributed by atoms with E-state index < -0.39 is 5.69 Å². The fourth-order valence-electron chi connectivity index (χ4n) is 3.01. The molecule has 0 saturated heterocycles. The Balaban J connectivity index is 2.05. The molecule has 0 unspecified atom stereocenters. The Labute approximate surface area is 161 Å². The maximum Gasteiger partial charge on any atom is 0.332 e. The lowest BCUT2D eigenvalue weighted by Crippen LogP contribution is -2.37. The van der Waals surface area contributed by atoms with Crippen LogP contribution < -0.4 is 16.6 Å². The molecule has 2 heterocycles. The summed E-state index contributed by atoms with van der Waals surface area (Å²) < 4.78 is 9.51. The highest BCUT2D eigenvalue weighted by Gasteiger charge is 2.19. The molecule has 3 aromatic rings. The van der Waals surface area contributed by atoms with E-state index in [2.05, 4.69) is 10.3 Å². The summed E-state index contributed by atoms with van der Waals surface area (Å²) in [6.45, 7) is 3.50. The number of rotatable bonds is 8. The molecule has 3 rings (SSSR count). The summed E-state index contributed by atoms with van der Waals surface area (Å²) in [6, 6.07) is 8.03. The van der Waals surface area contributed by atoms with Gasteiger partial charge in [0.15, 0.2) is 11.2 Å². The van der Waals surface area contributed by atoms with E-state index in [1.807, 2.05) is 31.2 Å². The average Bonchev–Trinajstić information content (AvgIpc) is 3.04. The minimum Gasteiger partial charge on any atom is -0.394 e. The van der Waals surface area contributed by atoms with E-state index in [1.165, 1.54) is 11.6 Å². The van der Waals surface area contributed by atoms with Crippen LogP contribution in [0.15, 0.2) is 33.9 Å². The molecule has 0 saturated carbocycles. The first kappa shape index (κ1) is 19.8. The molecule has 28 heavy (non-hydrogen) atoms. The predicted molar refractivity (Wildman–Crippen MR) is 107 cm³/mol. The highest BCUT2D eigenvalue weighted by Crippen LogP contribution is 2.18. The van der Waals surface area contributed by atoms with Crippen LogP contribution in [0, 0.1) is 6.92 Å². The number of aryl methyl sites for hydroxylation is 2. The summed E-state index contributed by atoms with van der Waals surface area (Å²) >= 11 is 0. The zero-order valence-corrected chi connectivity index (χ0v) is 16.3. The second-order valence-corrected chi connectivity index (χ2v) is 6.65. The van der Waals surface area contributed by atoms with Gasteiger partial charge in [0, 0.05) is 20.6 Å². The second-order valence-electron chi connectivity index (χ2n) is 6.65. The van der Waals surface area contributed by atoms with Crippen molar-refractivity contribution in [3.8, 4) is 0 Å². The number of aromatic nitrogens is 4. The van der Waals surface area contributed by atoms with Gasteiger partial charge in [0.05, 0.1) is 26.4 Å². The molecule has 0 aliphatic rings. The quantitative estimate of drug-likeness (QED) is 0.536. The molecule has 0 aliphatic heterocycles. The van der Waals surface area contributed by atoms with E-state index in [9.17, 15) is 9.59 Å². The van der Waals surface area contributed by atoms with Crippen LogP contribution in [0.25, 0.3) is 11.2 Å². The molecule has 0 fully saturated rings. The van der Waals surface area contributed by atoms with Gasteiger partial charge in [-0.1, -0.05) is 29.8 Å². The summed E-state index contributed by atoms with van der Waals surface area (Å²) in [4.78, 5) is 29.6. The van der Waals surface area contributed by atoms with Crippen LogP contribution >= 0.6 is 0 Å². The third-order valence-electron chi connectivity index (χ3n) is 4.57. The molecule has 2 aromatic heterocycles. The fourth-order valence-corrected chi connectivity index (χ4v) is 3.01. The molecular weight excluding hydrogens is 362 g/mol. The highest BCUT2D eigenvalue weighted by atomic mass is 16.5. The van der Waals surface area contributed by atoms with Gasteiger partial charge in [-0.15, -0.1) is 0 Å². The number of anilines is 1. The van der Waals surface area contributed by atoms with E-state index in [4.69, 9.17) is 9.84 Å². The van der Waals surface area contributed by atoms with Crippen molar-refractivity contribution in [2.45, 2.75) is 13.5 Å². The van der Waals surface area contributed by atoms with Crippen molar-refractivity contribution in [1.29, 1.82) is 0 Å². The monoisotopic (exact) mass is 387 g/mol. The zero-order chi connectivity index (χ0) is 20.3. The van der Waals surface area contributed by atoms with E-state index in [0.717, 1.165) is 15.7 Å². The van der Waals surface area contributed by atoms with Crippen molar-refractivity contribution in [2.75, 3.05) is 31.7 Å². The second kappa shape index (κ2) is 8.41. The zero-order valence-electron chi connectivity index (χ0n) is 16.3. The number of hydrogen-bond acceptors (Lipinski definition) is 6. The highest BCUT2D eigenvalue weighted by molar-refractivity contribution is 5.74. The van der Waals surface area contributed by atoms with Gasteiger partial charge in [0.2, 0.25) is 5.95 Å². The van der Waals surface area contributed by atoms with Gasteiger partial charge in [-0.3, -0.25) is 18.5 Å². The number of aliphatic hydroxyl groups is 1. The maximum absolute atomic E-state index is 12.8. The Hall–Kier alpha value is -2.91. The Bertz CT molecular complexity index is 1080. The Morgan fingerprint density at radius 1 is 1.11 bits per heavy atom. The lowest BCUT2D eigenvalue weighted by atomic mass is 10.1. The lowest BCUT2D eigenvalue weighted by Gasteiger charge is -2.11. The molecule has 0 amide bonds. The minimum atomic E-state index is -0.421. The first-order chi connectivity index (χ1) is 13.4. The molecule has 0 radical (unpaired) electrons. The maximum atomic E-state index is 12.8. The normalized spacial score (nSPS) is 11.3. The number of imidazole rings is 1. The molecule has 2 N–H and O–H groups in total. The van der Waals surface area contributed by atoms with Crippen molar-refractivity contribution >= 4 is 17.1 Å². The van der Waals surface area contributed by atoms with Crippen molar-refractivity contribution < 1.29 is 9.84 Å². The molecular formula is C19H25N5O4. The molecule has 1 aromatic carbocycles. The molecule has 0 aliphatic carbocycles. The van der Waals surface area contributed by atoms with Crippen molar-refractivity contribution in [3.05, 3.63) is 56.2 Å². The van der Waals surface area contributed by atoms with Crippen LogP contribution in [0.2, 0.25) is 0 Å². The Kier molecular flexibility index (Phi) is 5.96. The molecule has 9 heteroatoms. The predicted octanol–water partition coefficient (Wildman–Crippen LogP) is 0.211. The van der Waals surface area contributed by atoms with Crippen LogP contribution in [0.5, 0.6) is 0 Å². The number of benzene rings is 1. The van der Waals surface area contributed by atoms with E-state index in [0.29, 0.717) is 36.8 Å². The third-order valence-corrected chi connectivity index (χ3v) is 4.57. The number of nitrogens with zero attached hydrogens (tertiary/aromatic N) is 4. The van der Waals surface area contributed by atoms with Crippen LogP contribution in [-0.2, 0) is 25.4 Å². The molecule has 150 valence electrons. The number of hydrogen-bond donors (Lipinski definition) is 2. The smallest absolute Gasteiger partial charge is 0.332 e. The van der Waals surface area contributed by atoms with Gasteiger partial charge < -0.3 is 15.2 Å². The van der Waals surface area contributed by atoms with Gasteiger partial charge in [0.1, 0.15) is 0 Å². The first-order valence-electron chi connectivity index (χ1n) is 9.08. The average molecular weight is 387 g/mol. The van der Waals surface area contributed by atoms with E-state index in [1.54, 1.807) is 11.6 Å². The fraction of sp³-hybridized carbons (Fsp3) is 0.421. The molecule has 9 nitrogen and oxygen atoms in total. The molecule has 0 atom stereocenters. The topological polar surface area (TPSA) is 103 Å². The number of fused-ring (bicyclic) bond motifs is 1. The van der Waals surface area contributed by atoms with Crippen LogP contribution in [0.1, 0.15) is 11.1 Å². The van der Waals surface area contributed by atoms with E-state index in [-0.39, 0.29) is 18.8 Å². The van der Waals surface area contributed by atoms with E-state index >= 15 is 0 Å². The largest absolute Gasteiger partial charge is 0.394 e. The van der Waals surface area contributed by atoms with Gasteiger partial charge >= 0.3 is 5.69 Å². The van der Waals surface area contributed by atoms with Gasteiger partial charge in [-0.2, -0.15) is 4.98 Å². The van der Waals surface area contributed by atoms with Crippen molar-refractivity contribution in [1.82, 2.24) is 18.7 Å². The number of nitrogens with one attached hydrogen (secondary N) is 1. The van der Waals surface area contributed by atoms with Gasteiger partial charge in [-0.05, 0) is 12.5 Å². The number of ether oxygens (including phenoxy) is 1. The van der Waals surface area contributed by atoms with Crippen LogP contribution in [-0.4, -0.2) is 50.2 Å². The SMILES string of the molecule is Cc1ccc(Cn2c(NCCOCCO)nc3c2c(=O)n(C)c(=O)n3C)cc1. The van der Waals surface area contributed by atoms with Gasteiger partial charge in [0.25, 0.3) is 5.56 Å². The van der Waals surface area contributed by atoms with Crippen molar-refractivity contribution in [3.63, 3.8) is 0 Å². The minimum absolute atomic E-state index is 0.0376. The third kappa shape index (κ3) is 3.85. The molecule has 0 bridgehead atoms.